The van der Waals surface area contributed by atoms with Crippen LogP contribution in [0.5, 0.6) is 0 Å². The maximum absolute atomic E-state index is 12.6. The average Bonchev–Trinajstić information content (AvgIpc) is 2.96. The van der Waals surface area contributed by atoms with E-state index in [0.717, 1.165) is 38.2 Å². The molecule has 1 aromatic rings. The molecule has 0 saturated carbocycles. The Morgan fingerprint density at radius 1 is 1.21 bits per heavy atom. The summed E-state index contributed by atoms with van der Waals surface area (Å²) in [5, 5.41) is 14.0. The van der Waals surface area contributed by atoms with Crippen molar-refractivity contribution in [2.75, 3.05) is 31.6 Å². The van der Waals surface area contributed by atoms with Gasteiger partial charge in [-0.2, -0.15) is 0 Å². The molecule has 2 atom stereocenters. The zero-order chi connectivity index (χ0) is 17.1. The second-order valence-corrected chi connectivity index (χ2v) is 7.39. The summed E-state index contributed by atoms with van der Waals surface area (Å²) in [6.07, 6.45) is 2.92. The molecule has 1 unspecified atom stereocenters. The predicted molar refractivity (Wildman–Crippen MR) is 96.2 cm³/mol. The number of carbonyl (C=O) groups excluding carboxylic acids is 1. The van der Waals surface area contributed by atoms with Crippen molar-refractivity contribution in [1.82, 2.24) is 10.2 Å². The topological polar surface area (TPSA) is 55.8 Å². The van der Waals surface area contributed by atoms with Crippen molar-refractivity contribution < 1.29 is 9.90 Å². The zero-order valence-corrected chi connectivity index (χ0v) is 14.9. The summed E-state index contributed by atoms with van der Waals surface area (Å²) in [5.41, 5.74) is 0.837. The standard InChI is InChI=1S/C18H26ClN3O2/c1-21-10-8-13(9-11-21)12-20-18(24)16-6-7-17(23)22(16)15-4-2-14(19)3-5-15/h2-5,13,16-17,23H,6-12H2,1H3,(H,20,24)/t16-,17?/m0/s1. The Kier molecular flexibility index (Phi) is 5.64. The Balaban J connectivity index is 1.59. The number of carbonyl (C=O) groups is 1. The summed E-state index contributed by atoms with van der Waals surface area (Å²) >= 11 is 5.94. The highest BCUT2D eigenvalue weighted by Crippen LogP contribution is 2.30. The molecule has 0 bridgehead atoms. The number of aliphatic hydroxyl groups excluding tert-OH is 1. The van der Waals surface area contributed by atoms with Gasteiger partial charge in [-0.1, -0.05) is 11.6 Å². The van der Waals surface area contributed by atoms with Crippen LogP contribution in [0.15, 0.2) is 24.3 Å². The second-order valence-electron chi connectivity index (χ2n) is 6.95. The van der Waals surface area contributed by atoms with Crippen molar-refractivity contribution in [2.24, 2.45) is 5.92 Å². The normalized spacial score (nSPS) is 25.9. The molecule has 0 spiro atoms. The largest absolute Gasteiger partial charge is 0.374 e. The van der Waals surface area contributed by atoms with Gasteiger partial charge in [0.1, 0.15) is 12.3 Å². The third-order valence-corrected chi connectivity index (χ3v) is 5.44. The number of nitrogens with one attached hydrogen (secondary N) is 1. The first-order chi connectivity index (χ1) is 11.5. The van der Waals surface area contributed by atoms with Crippen molar-refractivity contribution in [3.8, 4) is 0 Å². The maximum Gasteiger partial charge on any atom is 0.242 e. The van der Waals surface area contributed by atoms with Gasteiger partial charge in [0.05, 0.1) is 0 Å². The van der Waals surface area contributed by atoms with Crippen molar-refractivity contribution >= 4 is 23.2 Å². The van der Waals surface area contributed by atoms with E-state index < -0.39 is 6.23 Å². The Morgan fingerprint density at radius 2 is 1.88 bits per heavy atom. The van der Waals surface area contributed by atoms with Crippen LogP contribution in [0.2, 0.25) is 5.02 Å². The van der Waals surface area contributed by atoms with Gasteiger partial charge < -0.3 is 20.2 Å². The number of anilines is 1. The van der Waals surface area contributed by atoms with Crippen LogP contribution >= 0.6 is 11.6 Å². The van der Waals surface area contributed by atoms with E-state index in [1.165, 1.54) is 0 Å². The number of nitrogens with zero attached hydrogens (tertiary/aromatic N) is 2. The molecule has 3 rings (SSSR count). The monoisotopic (exact) mass is 351 g/mol. The van der Waals surface area contributed by atoms with Crippen molar-refractivity contribution in [1.29, 1.82) is 0 Å². The number of halogens is 1. The average molecular weight is 352 g/mol. The van der Waals surface area contributed by atoms with Gasteiger partial charge in [0.15, 0.2) is 0 Å². The van der Waals surface area contributed by atoms with Crippen molar-refractivity contribution in [3.05, 3.63) is 29.3 Å². The number of hydrogen-bond acceptors (Lipinski definition) is 4. The van der Waals surface area contributed by atoms with Crippen LogP contribution in [0.25, 0.3) is 0 Å². The van der Waals surface area contributed by atoms with Crippen LogP contribution in [0.3, 0.4) is 0 Å². The quantitative estimate of drug-likeness (QED) is 0.872. The van der Waals surface area contributed by atoms with E-state index in [-0.39, 0.29) is 11.9 Å². The first-order valence-corrected chi connectivity index (χ1v) is 9.10. The van der Waals surface area contributed by atoms with Gasteiger partial charge >= 0.3 is 0 Å². The van der Waals surface area contributed by atoms with Gasteiger partial charge in [-0.25, -0.2) is 0 Å². The van der Waals surface area contributed by atoms with Crippen LogP contribution in [0.4, 0.5) is 5.69 Å². The van der Waals surface area contributed by atoms with E-state index in [0.29, 0.717) is 23.8 Å². The molecule has 0 radical (unpaired) electrons. The van der Waals surface area contributed by atoms with Gasteiger partial charge in [-0.05, 0) is 76.0 Å². The van der Waals surface area contributed by atoms with Crippen LogP contribution in [0.1, 0.15) is 25.7 Å². The fraction of sp³-hybridized carbons (Fsp3) is 0.611. The molecular formula is C18H26ClN3O2. The number of aliphatic hydroxyl groups is 1. The summed E-state index contributed by atoms with van der Waals surface area (Å²) in [6.45, 7) is 2.92. The molecule has 2 fully saturated rings. The third kappa shape index (κ3) is 4.02. The lowest BCUT2D eigenvalue weighted by Crippen LogP contribution is -2.47. The maximum atomic E-state index is 12.6. The Bertz CT molecular complexity index is 558. The molecule has 6 heteroatoms. The molecule has 5 nitrogen and oxygen atoms in total. The highest BCUT2D eigenvalue weighted by molar-refractivity contribution is 6.30. The lowest BCUT2D eigenvalue weighted by molar-refractivity contribution is -0.122. The van der Waals surface area contributed by atoms with Crippen LogP contribution < -0.4 is 10.2 Å². The molecule has 2 saturated heterocycles. The Labute approximate surface area is 148 Å². The van der Waals surface area contributed by atoms with Gasteiger partial charge in [0.25, 0.3) is 0 Å². The molecule has 132 valence electrons. The van der Waals surface area contributed by atoms with E-state index in [2.05, 4.69) is 17.3 Å². The fourth-order valence-corrected chi connectivity index (χ4v) is 3.77. The van der Waals surface area contributed by atoms with Gasteiger partial charge in [0.2, 0.25) is 5.91 Å². The number of piperidine rings is 1. The lowest BCUT2D eigenvalue weighted by atomic mass is 9.97. The predicted octanol–water partition coefficient (Wildman–Crippen LogP) is 2.09. The van der Waals surface area contributed by atoms with Gasteiger partial charge in [-0.3, -0.25) is 4.79 Å². The third-order valence-electron chi connectivity index (χ3n) is 5.19. The lowest BCUT2D eigenvalue weighted by Gasteiger charge is -2.31. The van der Waals surface area contributed by atoms with E-state index in [1.807, 2.05) is 12.1 Å². The van der Waals surface area contributed by atoms with Crippen LogP contribution in [-0.4, -0.2) is 54.9 Å². The smallest absolute Gasteiger partial charge is 0.242 e. The second kappa shape index (κ2) is 7.72. The molecule has 0 aliphatic carbocycles. The van der Waals surface area contributed by atoms with Crippen LogP contribution in [-0.2, 0) is 4.79 Å². The summed E-state index contributed by atoms with van der Waals surface area (Å²) in [4.78, 5) is 16.8. The first kappa shape index (κ1) is 17.5. The highest BCUT2D eigenvalue weighted by Gasteiger charge is 2.37. The minimum atomic E-state index is -0.620. The molecule has 1 amide bonds. The molecule has 24 heavy (non-hydrogen) atoms. The molecule has 2 aliphatic rings. The number of likely N-dealkylation sites (tertiary alicyclic amines) is 1. The van der Waals surface area contributed by atoms with Gasteiger partial charge in [-0.15, -0.1) is 0 Å². The molecule has 2 N–H and O–H groups in total. The zero-order valence-electron chi connectivity index (χ0n) is 14.1. The molecule has 2 aliphatic heterocycles. The summed E-state index contributed by atoms with van der Waals surface area (Å²) in [5.74, 6) is 0.570. The van der Waals surface area contributed by atoms with Crippen LogP contribution in [0, 0.1) is 5.92 Å². The molecule has 2 heterocycles. The minimum absolute atomic E-state index is 0.0143. The number of benzene rings is 1. The number of rotatable bonds is 4. The summed E-state index contributed by atoms with van der Waals surface area (Å²) in [7, 11) is 2.14. The summed E-state index contributed by atoms with van der Waals surface area (Å²) < 4.78 is 0. The van der Waals surface area contributed by atoms with E-state index >= 15 is 0 Å². The minimum Gasteiger partial charge on any atom is -0.374 e. The summed E-state index contributed by atoms with van der Waals surface area (Å²) in [6, 6.07) is 6.97. The van der Waals surface area contributed by atoms with E-state index in [9.17, 15) is 9.90 Å². The SMILES string of the molecule is CN1CCC(CNC(=O)[C@@H]2CCC(O)N2c2ccc(Cl)cc2)CC1. The molecule has 1 aromatic carbocycles. The van der Waals surface area contributed by atoms with Crippen molar-refractivity contribution in [3.63, 3.8) is 0 Å². The van der Waals surface area contributed by atoms with E-state index in [4.69, 9.17) is 11.6 Å². The van der Waals surface area contributed by atoms with Crippen molar-refractivity contribution in [2.45, 2.75) is 38.0 Å². The van der Waals surface area contributed by atoms with Gasteiger partial charge in [0, 0.05) is 17.3 Å². The highest BCUT2D eigenvalue weighted by atomic mass is 35.5. The fourth-order valence-electron chi connectivity index (χ4n) is 3.64. The van der Waals surface area contributed by atoms with E-state index in [1.54, 1.807) is 17.0 Å². The number of hydrogen-bond donors (Lipinski definition) is 2. The molecular weight excluding hydrogens is 326 g/mol. The first-order valence-electron chi connectivity index (χ1n) is 8.73. The number of amides is 1. The Morgan fingerprint density at radius 3 is 2.54 bits per heavy atom. The molecule has 0 aromatic heterocycles. The Hall–Kier alpha value is -1.30.